The molecule has 3 heterocycles. The fraction of sp³-hybridized carbons (Fsp3) is 0.214. The van der Waals surface area contributed by atoms with Gasteiger partial charge in [0.15, 0.2) is 0 Å². The molecule has 0 bridgehead atoms. The van der Waals surface area contributed by atoms with Crippen molar-refractivity contribution >= 4 is 54.6 Å². The molecule has 1 N–H and O–H groups in total. The Kier molecular flexibility index (Phi) is 5.65. The van der Waals surface area contributed by atoms with Gasteiger partial charge >= 0.3 is 0 Å². The maximum atomic E-state index is 13.3. The summed E-state index contributed by atoms with van der Waals surface area (Å²) in [6.07, 6.45) is 1.34. The minimum Gasteiger partial charge on any atom is -0.317 e. The number of carbonyl (C=O) groups is 1. The van der Waals surface area contributed by atoms with Crippen molar-refractivity contribution in [3.05, 3.63) is 82.7 Å². The Balaban J connectivity index is 1.37. The number of carbonyl (C=O) groups excluding carboxylic acids is 1. The highest BCUT2D eigenvalue weighted by atomic mass is 32.1. The quantitative estimate of drug-likeness (QED) is 0.301. The van der Waals surface area contributed by atoms with Gasteiger partial charge in [-0.2, -0.15) is 0 Å². The number of likely N-dealkylation sites (N-methyl/N-ethyl adjacent to an activating group) is 1. The van der Waals surface area contributed by atoms with E-state index in [0.717, 1.165) is 63.5 Å². The Morgan fingerprint density at radius 3 is 2.74 bits per heavy atom. The number of hydrogen-bond donors (Lipinski definition) is 1. The van der Waals surface area contributed by atoms with Crippen molar-refractivity contribution in [3.8, 4) is 10.6 Å². The van der Waals surface area contributed by atoms with E-state index in [1.54, 1.807) is 22.7 Å². The lowest BCUT2D eigenvalue weighted by Gasteiger charge is -2.25. The maximum Gasteiger partial charge on any atom is 0.229 e. The van der Waals surface area contributed by atoms with Crippen molar-refractivity contribution in [2.75, 3.05) is 18.4 Å². The minimum absolute atomic E-state index is 0.0182. The van der Waals surface area contributed by atoms with E-state index < -0.39 is 0 Å². The molecule has 0 fully saturated rings. The minimum atomic E-state index is 0.0182. The molecule has 6 rings (SSSR count). The number of fused-ring (bicyclic) bond motifs is 3. The zero-order chi connectivity index (χ0) is 23.1. The molecule has 3 aromatic carbocycles. The van der Waals surface area contributed by atoms with Crippen LogP contribution in [-0.2, 0) is 24.2 Å². The number of amides is 1. The van der Waals surface area contributed by atoms with Gasteiger partial charge in [0.05, 0.1) is 16.6 Å². The highest BCUT2D eigenvalue weighted by molar-refractivity contribution is 7.22. The van der Waals surface area contributed by atoms with Crippen LogP contribution in [-0.4, -0.2) is 28.9 Å². The van der Waals surface area contributed by atoms with Crippen LogP contribution in [0.1, 0.15) is 22.9 Å². The van der Waals surface area contributed by atoms with E-state index in [4.69, 9.17) is 4.98 Å². The van der Waals surface area contributed by atoms with E-state index in [0.29, 0.717) is 6.42 Å². The van der Waals surface area contributed by atoms with Crippen molar-refractivity contribution in [2.24, 2.45) is 0 Å². The molecule has 0 saturated heterocycles. The number of aromatic nitrogens is 1. The van der Waals surface area contributed by atoms with Crippen molar-refractivity contribution in [1.29, 1.82) is 0 Å². The monoisotopic (exact) mass is 483 g/mol. The van der Waals surface area contributed by atoms with E-state index in [1.165, 1.54) is 15.1 Å². The number of benzene rings is 3. The first-order valence-electron chi connectivity index (χ1n) is 11.7. The third kappa shape index (κ3) is 3.92. The predicted octanol–water partition coefficient (Wildman–Crippen LogP) is 6.74. The number of thiazole rings is 1. The molecule has 0 unspecified atom stereocenters. The molecule has 34 heavy (non-hydrogen) atoms. The molecule has 2 aromatic heterocycles. The van der Waals surface area contributed by atoms with E-state index in [9.17, 15) is 4.79 Å². The van der Waals surface area contributed by atoms with Crippen LogP contribution in [0.25, 0.3) is 31.6 Å². The van der Waals surface area contributed by atoms with Gasteiger partial charge in [-0.25, -0.2) is 4.98 Å². The van der Waals surface area contributed by atoms with Crippen LogP contribution in [0.15, 0.2) is 66.7 Å². The smallest absolute Gasteiger partial charge is 0.229 e. The third-order valence-corrected chi connectivity index (χ3v) is 8.76. The normalized spacial score (nSPS) is 13.9. The van der Waals surface area contributed by atoms with Gasteiger partial charge < -0.3 is 5.32 Å². The molecule has 0 spiro atoms. The molecule has 0 radical (unpaired) electrons. The molecule has 0 saturated carbocycles. The molecule has 4 nitrogen and oxygen atoms in total. The maximum absolute atomic E-state index is 13.3. The molecule has 1 aliphatic heterocycles. The molecule has 1 amide bonds. The summed E-state index contributed by atoms with van der Waals surface area (Å²) in [5.74, 6) is 0.0182. The lowest BCUT2D eigenvalue weighted by molar-refractivity contribution is -0.115. The van der Waals surface area contributed by atoms with Gasteiger partial charge in [0.2, 0.25) is 5.91 Å². The van der Waals surface area contributed by atoms with Crippen LogP contribution in [0, 0.1) is 0 Å². The highest BCUT2D eigenvalue weighted by Gasteiger charge is 2.27. The molecule has 0 atom stereocenters. The van der Waals surface area contributed by atoms with E-state index >= 15 is 0 Å². The lowest BCUT2D eigenvalue weighted by Crippen LogP contribution is -2.29. The summed E-state index contributed by atoms with van der Waals surface area (Å²) < 4.78 is 1.18. The van der Waals surface area contributed by atoms with Crippen LogP contribution in [0.4, 0.5) is 5.00 Å². The van der Waals surface area contributed by atoms with E-state index in [2.05, 4.69) is 59.6 Å². The fourth-order valence-corrected chi connectivity index (χ4v) is 7.23. The second-order valence-corrected chi connectivity index (χ2v) is 10.8. The number of thiophene rings is 1. The van der Waals surface area contributed by atoms with Gasteiger partial charge in [0.25, 0.3) is 0 Å². The molecular formula is C28H25N3OS2. The van der Waals surface area contributed by atoms with Crippen molar-refractivity contribution < 1.29 is 4.79 Å². The van der Waals surface area contributed by atoms with Crippen LogP contribution >= 0.6 is 22.7 Å². The molecule has 6 heteroatoms. The van der Waals surface area contributed by atoms with Gasteiger partial charge in [0.1, 0.15) is 10.0 Å². The van der Waals surface area contributed by atoms with Gasteiger partial charge in [-0.15, -0.1) is 22.7 Å². The summed E-state index contributed by atoms with van der Waals surface area (Å²) in [7, 11) is 0. The number of anilines is 1. The van der Waals surface area contributed by atoms with Gasteiger partial charge in [-0.05, 0) is 47.0 Å². The summed E-state index contributed by atoms with van der Waals surface area (Å²) in [5, 5.41) is 7.52. The number of nitrogens with one attached hydrogen (secondary N) is 1. The van der Waals surface area contributed by atoms with Gasteiger partial charge in [-0.3, -0.25) is 9.69 Å². The average Bonchev–Trinajstić information content (AvgIpc) is 3.44. The first-order valence-corrected chi connectivity index (χ1v) is 13.3. The fourth-order valence-electron chi connectivity index (χ4n) is 4.81. The highest BCUT2D eigenvalue weighted by Crippen LogP contribution is 2.45. The Morgan fingerprint density at radius 1 is 1.03 bits per heavy atom. The largest absolute Gasteiger partial charge is 0.317 e. The van der Waals surface area contributed by atoms with Gasteiger partial charge in [-0.1, -0.05) is 61.5 Å². The Labute approximate surface area is 206 Å². The first kappa shape index (κ1) is 21.5. The standard InChI is InChI=1S/C28H25N3OS2/c1-2-31-15-14-21-24(17-31)34-28(26(21)27-29-22-12-5-6-13-23(22)33-27)30-25(32)16-19-10-7-9-18-8-3-4-11-20(18)19/h3-13H,2,14-17H2,1H3,(H,30,32). The van der Waals surface area contributed by atoms with Crippen LogP contribution in [0.5, 0.6) is 0 Å². The van der Waals surface area contributed by atoms with Crippen LogP contribution < -0.4 is 5.32 Å². The zero-order valence-corrected chi connectivity index (χ0v) is 20.6. The number of para-hydroxylation sites is 1. The number of nitrogens with zero attached hydrogens (tertiary/aromatic N) is 2. The van der Waals surface area contributed by atoms with Gasteiger partial charge in [0, 0.05) is 23.5 Å². The van der Waals surface area contributed by atoms with E-state index in [1.807, 2.05) is 24.3 Å². The van der Waals surface area contributed by atoms with Crippen molar-refractivity contribution in [2.45, 2.75) is 26.3 Å². The van der Waals surface area contributed by atoms with E-state index in [-0.39, 0.29) is 5.91 Å². The van der Waals surface area contributed by atoms with Crippen LogP contribution in [0.2, 0.25) is 0 Å². The summed E-state index contributed by atoms with van der Waals surface area (Å²) in [6.45, 7) is 5.23. The van der Waals surface area contributed by atoms with Crippen molar-refractivity contribution in [1.82, 2.24) is 9.88 Å². The Morgan fingerprint density at radius 2 is 1.85 bits per heavy atom. The summed E-state index contributed by atoms with van der Waals surface area (Å²) in [6, 6.07) is 22.7. The summed E-state index contributed by atoms with van der Waals surface area (Å²) >= 11 is 3.43. The summed E-state index contributed by atoms with van der Waals surface area (Å²) in [4.78, 5) is 22.0. The number of rotatable bonds is 5. The third-order valence-electron chi connectivity index (χ3n) is 6.57. The van der Waals surface area contributed by atoms with Crippen LogP contribution in [0.3, 0.4) is 0 Å². The molecule has 1 aliphatic rings. The molecule has 0 aliphatic carbocycles. The molecule has 5 aromatic rings. The predicted molar refractivity (Wildman–Crippen MR) is 144 cm³/mol. The summed E-state index contributed by atoms with van der Waals surface area (Å²) in [5.41, 5.74) is 4.55. The Hall–Kier alpha value is -3.06. The molecule has 170 valence electrons. The van der Waals surface area contributed by atoms with Crippen molar-refractivity contribution in [3.63, 3.8) is 0 Å². The second-order valence-electron chi connectivity index (χ2n) is 8.68. The second kappa shape index (κ2) is 8.95. The number of hydrogen-bond acceptors (Lipinski definition) is 5. The average molecular weight is 484 g/mol. The first-order chi connectivity index (χ1) is 16.7. The molecular weight excluding hydrogens is 458 g/mol. The topological polar surface area (TPSA) is 45.2 Å². The zero-order valence-electron chi connectivity index (χ0n) is 19.0. The Bertz CT molecular complexity index is 1480. The lowest BCUT2D eigenvalue weighted by atomic mass is 10.0. The SMILES string of the molecule is CCN1CCc2c(sc(NC(=O)Cc3cccc4ccccc34)c2-c2nc3ccccc3s2)C1.